The van der Waals surface area contributed by atoms with Crippen LogP contribution >= 0.6 is 11.6 Å². The van der Waals surface area contributed by atoms with E-state index in [0.717, 1.165) is 22.7 Å². The standard InChI is InChI=1S/C57H51ClN2/c58-44-25-15-26-45(37-44)59(55-33-13-19-40-17-7-9-29-49(40)55)46-27-16-28-47(38-46)60(56-34-14-20-41-18-8-10-30-50(41)56)48-35-36-54-52(39-48)51-31-11-12-32-53(51)57(54,42-21-3-1-4-22-42)43-23-5-2-6-24-43/h7-20,25-39,42-43H,1-6,21-24H2. The van der Waals surface area contributed by atoms with Crippen LogP contribution < -0.4 is 9.80 Å². The lowest BCUT2D eigenvalue weighted by molar-refractivity contribution is 0.137. The first-order chi connectivity index (χ1) is 29.7. The van der Waals surface area contributed by atoms with Crippen LogP contribution in [0.15, 0.2) is 176 Å². The summed E-state index contributed by atoms with van der Waals surface area (Å²) in [4.78, 5) is 4.87. The van der Waals surface area contributed by atoms with E-state index in [1.165, 1.54) is 108 Å². The van der Waals surface area contributed by atoms with E-state index in [0.29, 0.717) is 16.9 Å². The molecule has 0 atom stereocenters. The van der Waals surface area contributed by atoms with Crippen molar-refractivity contribution in [1.29, 1.82) is 0 Å². The van der Waals surface area contributed by atoms with Crippen molar-refractivity contribution in [2.75, 3.05) is 9.80 Å². The van der Waals surface area contributed by atoms with Gasteiger partial charge < -0.3 is 9.80 Å². The van der Waals surface area contributed by atoms with Gasteiger partial charge in [0.05, 0.1) is 11.4 Å². The molecule has 2 fully saturated rings. The first-order valence-electron chi connectivity index (χ1n) is 22.3. The van der Waals surface area contributed by atoms with Crippen LogP contribution in [0, 0.1) is 11.8 Å². The summed E-state index contributed by atoms with van der Waals surface area (Å²) in [6.45, 7) is 0. The Morgan fingerprint density at radius 3 is 1.45 bits per heavy atom. The van der Waals surface area contributed by atoms with Crippen LogP contribution in [0.2, 0.25) is 5.02 Å². The quantitative estimate of drug-likeness (QED) is 0.151. The van der Waals surface area contributed by atoms with Crippen LogP contribution in [0.25, 0.3) is 32.7 Å². The van der Waals surface area contributed by atoms with Crippen LogP contribution in [0.4, 0.5) is 34.1 Å². The molecule has 2 saturated carbocycles. The summed E-state index contributed by atoms with van der Waals surface area (Å²) in [5.74, 6) is 1.36. The molecule has 0 N–H and O–H groups in total. The van der Waals surface area contributed by atoms with Crippen molar-refractivity contribution >= 4 is 67.3 Å². The van der Waals surface area contributed by atoms with E-state index < -0.39 is 0 Å². The summed E-state index contributed by atoms with van der Waals surface area (Å²) in [7, 11) is 0. The van der Waals surface area contributed by atoms with E-state index in [-0.39, 0.29) is 5.41 Å². The molecule has 2 nitrogen and oxygen atoms in total. The van der Waals surface area contributed by atoms with Gasteiger partial charge in [0.2, 0.25) is 0 Å². The van der Waals surface area contributed by atoms with Gasteiger partial charge in [-0.3, -0.25) is 0 Å². The monoisotopic (exact) mass is 798 g/mol. The van der Waals surface area contributed by atoms with Crippen molar-refractivity contribution in [3.05, 3.63) is 192 Å². The molecule has 0 unspecified atom stereocenters. The number of benzene rings is 8. The topological polar surface area (TPSA) is 6.48 Å². The predicted molar refractivity (Wildman–Crippen MR) is 255 cm³/mol. The van der Waals surface area contributed by atoms with E-state index in [9.17, 15) is 0 Å². The maximum atomic E-state index is 6.75. The first kappa shape index (κ1) is 37.2. The van der Waals surface area contributed by atoms with Gasteiger partial charge >= 0.3 is 0 Å². The fraction of sp³-hybridized carbons (Fsp3) is 0.228. The molecule has 0 bridgehead atoms. The molecule has 0 aliphatic heterocycles. The highest BCUT2D eigenvalue weighted by Gasteiger charge is 2.53. The van der Waals surface area contributed by atoms with Crippen LogP contribution in [0.1, 0.15) is 75.3 Å². The zero-order valence-electron chi connectivity index (χ0n) is 34.2. The largest absolute Gasteiger partial charge is 0.310 e. The smallest absolute Gasteiger partial charge is 0.0540 e. The minimum absolute atomic E-state index is 0.0748. The second kappa shape index (κ2) is 15.6. The molecular formula is C57H51ClN2. The number of anilines is 6. The third-order valence-corrected chi connectivity index (χ3v) is 14.5. The second-order valence-electron chi connectivity index (χ2n) is 17.5. The van der Waals surface area contributed by atoms with Crippen LogP contribution in [-0.2, 0) is 5.41 Å². The Hall–Kier alpha value is -5.83. The highest BCUT2D eigenvalue weighted by Crippen LogP contribution is 2.62. The molecule has 0 heterocycles. The lowest BCUT2D eigenvalue weighted by atomic mass is 9.55. The van der Waals surface area contributed by atoms with Crippen molar-refractivity contribution in [3.8, 4) is 11.1 Å². The molecule has 3 aliphatic rings. The van der Waals surface area contributed by atoms with Crippen molar-refractivity contribution in [2.24, 2.45) is 11.8 Å². The molecule has 11 rings (SSSR count). The van der Waals surface area contributed by atoms with Crippen molar-refractivity contribution in [3.63, 3.8) is 0 Å². The zero-order chi connectivity index (χ0) is 40.0. The fourth-order valence-corrected chi connectivity index (χ4v) is 12.0. The van der Waals surface area contributed by atoms with Gasteiger partial charge in [-0.25, -0.2) is 0 Å². The van der Waals surface area contributed by atoms with Gasteiger partial charge in [0.1, 0.15) is 0 Å². The summed E-state index contributed by atoms with van der Waals surface area (Å²) >= 11 is 6.75. The molecule has 0 saturated heterocycles. The summed E-state index contributed by atoms with van der Waals surface area (Å²) in [5, 5.41) is 5.56. The second-order valence-corrected chi connectivity index (χ2v) is 17.9. The minimum atomic E-state index is 0.0748. The van der Waals surface area contributed by atoms with Gasteiger partial charge in [0, 0.05) is 44.0 Å². The van der Waals surface area contributed by atoms with Crippen molar-refractivity contribution in [1.82, 2.24) is 0 Å². The molecule has 3 heteroatoms. The van der Waals surface area contributed by atoms with Gasteiger partial charge in [-0.15, -0.1) is 0 Å². The third kappa shape index (κ3) is 6.22. The molecule has 296 valence electrons. The van der Waals surface area contributed by atoms with Crippen molar-refractivity contribution < 1.29 is 0 Å². The zero-order valence-corrected chi connectivity index (χ0v) is 35.0. The lowest BCUT2D eigenvalue weighted by Gasteiger charge is -2.49. The van der Waals surface area contributed by atoms with Crippen LogP contribution in [0.3, 0.4) is 0 Å². The summed E-state index contributed by atoms with van der Waals surface area (Å²) in [5.41, 5.74) is 12.8. The summed E-state index contributed by atoms with van der Waals surface area (Å²) in [6.07, 6.45) is 13.5. The van der Waals surface area contributed by atoms with Crippen molar-refractivity contribution in [2.45, 2.75) is 69.6 Å². The molecule has 0 spiro atoms. The van der Waals surface area contributed by atoms with E-state index in [2.05, 4.69) is 174 Å². The average molecular weight is 800 g/mol. The highest BCUT2D eigenvalue weighted by atomic mass is 35.5. The number of hydrogen-bond acceptors (Lipinski definition) is 2. The Kier molecular flexibility index (Phi) is 9.70. The van der Waals surface area contributed by atoms with Gasteiger partial charge in [-0.05, 0) is 131 Å². The van der Waals surface area contributed by atoms with E-state index >= 15 is 0 Å². The van der Waals surface area contributed by atoms with Crippen LogP contribution in [-0.4, -0.2) is 0 Å². The van der Waals surface area contributed by atoms with Gasteiger partial charge in [-0.1, -0.05) is 165 Å². The molecule has 8 aromatic rings. The average Bonchev–Trinajstić information content (AvgIpc) is 3.61. The normalized spacial score (nSPS) is 16.4. The Labute approximate surface area is 360 Å². The predicted octanol–water partition coefficient (Wildman–Crippen LogP) is 17.0. The molecule has 60 heavy (non-hydrogen) atoms. The molecule has 0 aromatic heterocycles. The molecule has 0 radical (unpaired) electrons. The Bertz CT molecular complexity index is 2820. The van der Waals surface area contributed by atoms with E-state index in [1.54, 1.807) is 11.1 Å². The Morgan fingerprint density at radius 1 is 0.383 bits per heavy atom. The summed E-state index contributed by atoms with van der Waals surface area (Å²) < 4.78 is 0. The molecule has 3 aliphatic carbocycles. The van der Waals surface area contributed by atoms with Gasteiger partial charge in [0.25, 0.3) is 0 Å². The molecular weight excluding hydrogens is 748 g/mol. The molecule has 0 amide bonds. The number of nitrogens with zero attached hydrogens (tertiary/aromatic N) is 2. The number of hydrogen-bond donors (Lipinski definition) is 0. The van der Waals surface area contributed by atoms with Gasteiger partial charge in [0.15, 0.2) is 0 Å². The molecule has 8 aromatic carbocycles. The Morgan fingerprint density at radius 2 is 0.850 bits per heavy atom. The third-order valence-electron chi connectivity index (χ3n) is 14.3. The van der Waals surface area contributed by atoms with Crippen LogP contribution in [0.5, 0.6) is 0 Å². The number of halogens is 1. The highest BCUT2D eigenvalue weighted by molar-refractivity contribution is 6.31. The van der Waals surface area contributed by atoms with Gasteiger partial charge in [-0.2, -0.15) is 0 Å². The number of fused-ring (bicyclic) bond motifs is 5. The van der Waals surface area contributed by atoms with E-state index in [4.69, 9.17) is 11.6 Å². The fourth-order valence-electron chi connectivity index (χ4n) is 11.9. The number of rotatable bonds is 8. The maximum Gasteiger partial charge on any atom is 0.0540 e. The minimum Gasteiger partial charge on any atom is -0.310 e. The SMILES string of the molecule is Clc1cccc(N(c2cccc(N(c3ccc4c(c3)-c3ccccc3C4(C3CCCCC3)C3CCCCC3)c3cccc4ccccc34)c2)c2cccc3ccccc23)c1. The first-order valence-corrected chi connectivity index (χ1v) is 22.7. The van der Waals surface area contributed by atoms with E-state index in [1.807, 2.05) is 12.1 Å². The summed E-state index contributed by atoms with van der Waals surface area (Å²) in [6, 6.07) is 65.2. The Balaban J connectivity index is 1.13. The lowest BCUT2D eigenvalue weighted by Crippen LogP contribution is -2.44. The maximum absolute atomic E-state index is 6.75.